The highest BCUT2D eigenvalue weighted by Gasteiger charge is 2.49. The van der Waals surface area contributed by atoms with E-state index in [0.29, 0.717) is 6.61 Å². The van der Waals surface area contributed by atoms with E-state index in [1.54, 1.807) is 6.08 Å². The number of carbonyl (C=O) groups excluding carboxylic acids is 2. The molecule has 0 unspecified atom stereocenters. The van der Waals surface area contributed by atoms with Crippen molar-refractivity contribution in [2.45, 2.75) is 90.2 Å². The number of nitrogens with two attached hydrogens (primary N) is 1. The van der Waals surface area contributed by atoms with Gasteiger partial charge in [-0.2, -0.15) is 0 Å². The zero-order valence-electron chi connectivity index (χ0n) is 21.0. The van der Waals surface area contributed by atoms with Crippen molar-refractivity contribution in [1.29, 1.82) is 0 Å². The summed E-state index contributed by atoms with van der Waals surface area (Å²) in [6, 6.07) is 8.84. The van der Waals surface area contributed by atoms with Gasteiger partial charge in [0.25, 0.3) is 0 Å². The third-order valence-electron chi connectivity index (χ3n) is 6.36. The standard InChI is InChI=1S/C25H42N2O4Si/c1-9-10-18-30-23(29)27-22(17-16-21-14-12-11-13-15-21)25(26,19(2)28)20(3)31-32(7,8)24(4,5)6/h11-17,20,22H,9-10,18,26H2,1-8H3,(H,27,29)/b17-16+/t20-,22+,25-/m0/s1. The molecule has 3 N–H and O–H groups in total. The Morgan fingerprint density at radius 2 is 1.78 bits per heavy atom. The molecule has 0 aliphatic heterocycles. The molecular formula is C25H42N2O4Si. The minimum absolute atomic E-state index is 0.0547. The molecule has 0 saturated carbocycles. The van der Waals surface area contributed by atoms with E-state index in [9.17, 15) is 9.59 Å². The van der Waals surface area contributed by atoms with Gasteiger partial charge in [-0.25, -0.2) is 4.79 Å². The summed E-state index contributed by atoms with van der Waals surface area (Å²) in [6.07, 6.45) is 4.06. The highest BCUT2D eigenvalue weighted by Crippen LogP contribution is 2.38. The van der Waals surface area contributed by atoms with Crippen molar-refractivity contribution in [2.75, 3.05) is 6.61 Å². The Balaban J connectivity index is 3.30. The van der Waals surface area contributed by atoms with Crippen LogP contribution in [0.25, 0.3) is 6.08 Å². The van der Waals surface area contributed by atoms with E-state index >= 15 is 0 Å². The van der Waals surface area contributed by atoms with Crippen LogP contribution in [0.2, 0.25) is 18.1 Å². The van der Waals surface area contributed by atoms with Crippen molar-refractivity contribution >= 4 is 26.3 Å². The van der Waals surface area contributed by atoms with Crippen LogP contribution < -0.4 is 11.1 Å². The smallest absolute Gasteiger partial charge is 0.407 e. The highest BCUT2D eigenvalue weighted by atomic mass is 28.4. The summed E-state index contributed by atoms with van der Waals surface area (Å²) in [5.74, 6) is -0.264. The molecule has 0 aliphatic carbocycles. The van der Waals surface area contributed by atoms with Crippen LogP contribution in [0.3, 0.4) is 0 Å². The first-order valence-corrected chi connectivity index (χ1v) is 14.3. The number of unbranched alkanes of at least 4 members (excludes halogenated alkanes) is 1. The Kier molecular flexibility index (Phi) is 10.3. The van der Waals surface area contributed by atoms with Gasteiger partial charge in [0.1, 0.15) is 5.54 Å². The topological polar surface area (TPSA) is 90.6 Å². The van der Waals surface area contributed by atoms with Crippen molar-refractivity contribution < 1.29 is 18.8 Å². The Morgan fingerprint density at radius 1 is 1.19 bits per heavy atom. The van der Waals surface area contributed by atoms with Gasteiger partial charge in [0, 0.05) is 0 Å². The third kappa shape index (κ3) is 7.57. The van der Waals surface area contributed by atoms with E-state index in [1.165, 1.54) is 6.92 Å². The van der Waals surface area contributed by atoms with Gasteiger partial charge in [-0.1, -0.05) is 76.6 Å². The van der Waals surface area contributed by atoms with E-state index in [-0.39, 0.29) is 10.8 Å². The van der Waals surface area contributed by atoms with E-state index in [2.05, 4.69) is 39.2 Å². The number of benzene rings is 1. The number of amides is 1. The fourth-order valence-corrected chi connectivity index (χ4v) is 4.48. The zero-order valence-corrected chi connectivity index (χ0v) is 22.0. The lowest BCUT2D eigenvalue weighted by Gasteiger charge is -2.45. The summed E-state index contributed by atoms with van der Waals surface area (Å²) in [4.78, 5) is 25.4. The van der Waals surface area contributed by atoms with Crippen LogP contribution in [0.4, 0.5) is 4.79 Å². The van der Waals surface area contributed by atoms with Gasteiger partial charge in [0.15, 0.2) is 14.1 Å². The predicted octanol–water partition coefficient (Wildman–Crippen LogP) is 5.29. The molecule has 7 heteroatoms. The molecule has 180 valence electrons. The largest absolute Gasteiger partial charge is 0.450 e. The van der Waals surface area contributed by atoms with Gasteiger partial charge in [0.05, 0.1) is 18.8 Å². The molecule has 0 fully saturated rings. The molecule has 0 bridgehead atoms. The minimum Gasteiger partial charge on any atom is -0.450 e. The molecule has 1 aromatic rings. The zero-order chi connectivity index (χ0) is 24.6. The monoisotopic (exact) mass is 462 g/mol. The van der Waals surface area contributed by atoms with Gasteiger partial charge in [-0.3, -0.25) is 4.79 Å². The van der Waals surface area contributed by atoms with Crippen LogP contribution >= 0.6 is 0 Å². The van der Waals surface area contributed by atoms with Gasteiger partial charge < -0.3 is 20.2 Å². The molecule has 0 heterocycles. The Morgan fingerprint density at radius 3 is 2.28 bits per heavy atom. The van der Waals surface area contributed by atoms with Crippen LogP contribution in [0, 0.1) is 0 Å². The molecule has 1 amide bonds. The second kappa shape index (κ2) is 11.8. The lowest BCUT2D eigenvalue weighted by Crippen LogP contribution is -2.69. The first-order chi connectivity index (χ1) is 14.8. The molecular weight excluding hydrogens is 420 g/mol. The molecule has 3 atom stereocenters. The maximum atomic E-state index is 12.9. The lowest BCUT2D eigenvalue weighted by atomic mass is 9.82. The van der Waals surface area contributed by atoms with Crippen LogP contribution in [-0.2, 0) is 14.0 Å². The van der Waals surface area contributed by atoms with E-state index in [4.69, 9.17) is 14.9 Å². The van der Waals surface area contributed by atoms with Crippen LogP contribution in [-0.4, -0.2) is 44.5 Å². The number of carbonyl (C=O) groups is 2. The molecule has 6 nitrogen and oxygen atoms in total. The van der Waals surface area contributed by atoms with E-state index in [0.717, 1.165) is 18.4 Å². The Labute approximate surface area is 195 Å². The van der Waals surface area contributed by atoms with Crippen LogP contribution in [0.15, 0.2) is 36.4 Å². The average Bonchev–Trinajstić information content (AvgIpc) is 2.70. The van der Waals surface area contributed by atoms with E-state index < -0.39 is 32.1 Å². The first-order valence-electron chi connectivity index (χ1n) is 11.4. The number of alkyl carbamates (subject to hydrolysis) is 1. The second-order valence-corrected chi connectivity index (χ2v) is 14.6. The number of rotatable bonds is 11. The van der Waals surface area contributed by atoms with Crippen molar-refractivity contribution in [3.8, 4) is 0 Å². The second-order valence-electron chi connectivity index (χ2n) is 9.89. The summed E-state index contributed by atoms with van der Waals surface area (Å²) < 4.78 is 11.8. The van der Waals surface area contributed by atoms with Crippen molar-refractivity contribution in [1.82, 2.24) is 5.32 Å². The van der Waals surface area contributed by atoms with Crippen molar-refractivity contribution in [2.24, 2.45) is 5.73 Å². The SMILES string of the molecule is CCCCOC(=O)N[C@H](/C=C/c1ccccc1)[C@](N)(C(C)=O)[C@H](C)O[Si](C)(C)C(C)(C)C. The number of hydrogen-bond donors (Lipinski definition) is 2. The summed E-state index contributed by atoms with van der Waals surface area (Å²) in [5.41, 5.74) is 6.24. The number of Topliss-reactive ketones (excluding diaryl/α,β-unsaturated/α-hetero) is 1. The highest BCUT2D eigenvalue weighted by molar-refractivity contribution is 6.74. The molecule has 32 heavy (non-hydrogen) atoms. The summed E-state index contributed by atoms with van der Waals surface area (Å²) in [6.45, 7) is 16.2. The molecule has 0 aromatic heterocycles. The van der Waals surface area contributed by atoms with Gasteiger partial charge in [0.2, 0.25) is 0 Å². The number of hydrogen-bond acceptors (Lipinski definition) is 5. The van der Waals surface area contributed by atoms with Gasteiger partial charge >= 0.3 is 6.09 Å². The average molecular weight is 463 g/mol. The number of ether oxygens (including phenoxy) is 1. The minimum atomic E-state index is -2.22. The molecule has 0 spiro atoms. The lowest BCUT2D eigenvalue weighted by molar-refractivity contribution is -0.126. The van der Waals surface area contributed by atoms with Gasteiger partial charge in [-0.05, 0) is 44.0 Å². The molecule has 1 rings (SSSR count). The summed E-state index contributed by atoms with van der Waals surface area (Å²) in [5, 5.41) is 2.76. The molecule has 1 aromatic carbocycles. The summed E-state index contributed by atoms with van der Waals surface area (Å²) >= 11 is 0. The quantitative estimate of drug-likeness (QED) is 0.344. The van der Waals surface area contributed by atoms with Crippen LogP contribution in [0.5, 0.6) is 0 Å². The molecule has 0 aliphatic rings. The normalized spacial score (nSPS) is 16.3. The Bertz CT molecular complexity index is 774. The maximum absolute atomic E-state index is 12.9. The number of nitrogens with one attached hydrogen (secondary N) is 1. The fourth-order valence-electron chi connectivity index (χ4n) is 3.05. The number of ketones is 1. The van der Waals surface area contributed by atoms with Gasteiger partial charge in [-0.15, -0.1) is 0 Å². The fraction of sp³-hybridized carbons (Fsp3) is 0.600. The predicted molar refractivity (Wildman–Crippen MR) is 134 cm³/mol. The summed E-state index contributed by atoms with van der Waals surface area (Å²) in [7, 11) is -2.22. The molecule has 0 saturated heterocycles. The van der Waals surface area contributed by atoms with E-state index in [1.807, 2.05) is 50.3 Å². The van der Waals surface area contributed by atoms with Crippen molar-refractivity contribution in [3.63, 3.8) is 0 Å². The molecule has 0 radical (unpaired) electrons. The maximum Gasteiger partial charge on any atom is 0.407 e. The van der Waals surface area contributed by atoms with Crippen LogP contribution in [0.1, 0.15) is 59.9 Å². The Hall–Kier alpha value is -1.96. The third-order valence-corrected chi connectivity index (χ3v) is 10.9. The first kappa shape index (κ1) is 28.1. The van der Waals surface area contributed by atoms with Crippen molar-refractivity contribution in [3.05, 3.63) is 42.0 Å².